The Kier molecular flexibility index (Phi) is 4.98. The predicted octanol–water partition coefficient (Wildman–Crippen LogP) is 3.86. The van der Waals surface area contributed by atoms with E-state index in [4.69, 9.17) is 4.74 Å². The summed E-state index contributed by atoms with van der Waals surface area (Å²) in [6.45, 7) is 3.92. The van der Waals surface area contributed by atoms with Crippen LogP contribution in [0.3, 0.4) is 0 Å². The summed E-state index contributed by atoms with van der Waals surface area (Å²) in [5.41, 5.74) is 0.483. The van der Waals surface area contributed by atoms with Crippen LogP contribution in [0, 0.1) is 5.41 Å². The number of rotatable bonds is 6. The zero-order valence-electron chi connectivity index (χ0n) is 15.4. The van der Waals surface area contributed by atoms with Crippen LogP contribution < -0.4 is 15.0 Å². The van der Waals surface area contributed by atoms with Crippen molar-refractivity contribution in [2.45, 2.75) is 32.8 Å². The minimum absolute atomic E-state index is 0.0938. The van der Waals surface area contributed by atoms with Gasteiger partial charge in [-0.3, -0.25) is 9.59 Å². The Morgan fingerprint density at radius 3 is 2.19 bits per heavy atom. The van der Waals surface area contributed by atoms with Crippen molar-refractivity contribution in [1.82, 2.24) is 0 Å². The Balaban J connectivity index is 1.68. The van der Waals surface area contributed by atoms with Gasteiger partial charge in [0.15, 0.2) is 0 Å². The Hall–Kier alpha value is -2.82. The van der Waals surface area contributed by atoms with Gasteiger partial charge in [0.25, 0.3) is 0 Å². The van der Waals surface area contributed by atoms with Gasteiger partial charge in [-0.05, 0) is 63.1 Å². The Bertz CT molecular complexity index is 781. The molecule has 136 valence electrons. The maximum absolute atomic E-state index is 12.9. The normalized spacial score (nSPS) is 14.6. The molecular weight excluding hydrogens is 328 g/mol. The second-order valence-corrected chi connectivity index (χ2v) is 6.93. The lowest BCUT2D eigenvalue weighted by Gasteiger charge is -2.23. The number of benzene rings is 2. The van der Waals surface area contributed by atoms with Gasteiger partial charge in [-0.2, -0.15) is 0 Å². The summed E-state index contributed by atoms with van der Waals surface area (Å²) in [6, 6.07) is 16.6. The van der Waals surface area contributed by atoms with Crippen LogP contribution in [0.1, 0.15) is 26.7 Å². The third-order valence-corrected chi connectivity index (χ3v) is 4.53. The van der Waals surface area contributed by atoms with Crippen molar-refractivity contribution < 1.29 is 14.3 Å². The molecule has 0 aromatic heterocycles. The maximum atomic E-state index is 12.9. The van der Waals surface area contributed by atoms with Crippen LogP contribution in [-0.2, 0) is 9.59 Å². The lowest BCUT2D eigenvalue weighted by Crippen LogP contribution is -2.41. The molecule has 26 heavy (non-hydrogen) atoms. The van der Waals surface area contributed by atoms with Crippen molar-refractivity contribution in [2.24, 2.45) is 5.41 Å². The number of nitrogens with one attached hydrogen (secondary N) is 1. The SMILES string of the molecule is CC(C)Oc1ccc(NC(=O)C2(C(=O)N(C)c3ccccc3)CC2)cc1. The van der Waals surface area contributed by atoms with E-state index in [1.165, 1.54) is 0 Å². The molecule has 1 saturated carbocycles. The second-order valence-electron chi connectivity index (χ2n) is 6.93. The van der Waals surface area contributed by atoms with Gasteiger partial charge < -0.3 is 15.0 Å². The van der Waals surface area contributed by atoms with Gasteiger partial charge >= 0.3 is 0 Å². The van der Waals surface area contributed by atoms with Crippen LogP contribution in [0.4, 0.5) is 11.4 Å². The fourth-order valence-corrected chi connectivity index (χ4v) is 2.89. The van der Waals surface area contributed by atoms with E-state index in [9.17, 15) is 9.59 Å². The van der Waals surface area contributed by atoms with E-state index in [2.05, 4.69) is 5.32 Å². The fourth-order valence-electron chi connectivity index (χ4n) is 2.89. The molecule has 0 heterocycles. The molecule has 2 aromatic carbocycles. The fraction of sp³-hybridized carbons (Fsp3) is 0.333. The van der Waals surface area contributed by atoms with Gasteiger partial charge in [-0.25, -0.2) is 0 Å². The number of hydrogen-bond acceptors (Lipinski definition) is 3. The maximum Gasteiger partial charge on any atom is 0.242 e. The molecule has 0 radical (unpaired) electrons. The van der Waals surface area contributed by atoms with Gasteiger partial charge in [-0.15, -0.1) is 0 Å². The minimum atomic E-state index is -0.961. The number of hydrogen-bond donors (Lipinski definition) is 1. The van der Waals surface area contributed by atoms with Crippen molar-refractivity contribution in [3.63, 3.8) is 0 Å². The first-order chi connectivity index (χ1) is 12.4. The summed E-state index contributed by atoms with van der Waals surface area (Å²) in [6.07, 6.45) is 1.24. The molecule has 1 aliphatic rings. The summed E-state index contributed by atoms with van der Waals surface area (Å²) in [7, 11) is 1.71. The van der Waals surface area contributed by atoms with Crippen LogP contribution in [-0.4, -0.2) is 25.0 Å². The first kappa shape index (κ1) is 18.0. The van der Waals surface area contributed by atoms with Crippen LogP contribution in [0.5, 0.6) is 5.75 Å². The monoisotopic (exact) mass is 352 g/mol. The molecule has 1 aliphatic carbocycles. The van der Waals surface area contributed by atoms with Crippen LogP contribution >= 0.6 is 0 Å². The Morgan fingerprint density at radius 1 is 1.04 bits per heavy atom. The molecule has 0 atom stereocenters. The van der Waals surface area contributed by atoms with Gasteiger partial charge in [0.1, 0.15) is 11.2 Å². The molecular formula is C21H24N2O3. The molecule has 5 heteroatoms. The van der Waals surface area contributed by atoms with Crippen LogP contribution in [0.25, 0.3) is 0 Å². The second kappa shape index (κ2) is 7.20. The Morgan fingerprint density at radius 2 is 1.65 bits per heavy atom. The molecule has 5 nitrogen and oxygen atoms in total. The van der Waals surface area contributed by atoms with Crippen molar-refractivity contribution in [1.29, 1.82) is 0 Å². The predicted molar refractivity (Wildman–Crippen MR) is 102 cm³/mol. The van der Waals surface area contributed by atoms with Crippen molar-refractivity contribution >= 4 is 23.2 Å². The third kappa shape index (κ3) is 3.72. The number of ether oxygens (including phenoxy) is 1. The molecule has 0 aliphatic heterocycles. The zero-order valence-corrected chi connectivity index (χ0v) is 15.4. The molecule has 0 saturated heterocycles. The zero-order chi connectivity index (χ0) is 18.7. The first-order valence-corrected chi connectivity index (χ1v) is 8.84. The molecule has 0 unspecified atom stereocenters. The summed E-state index contributed by atoms with van der Waals surface area (Å²) >= 11 is 0. The van der Waals surface area contributed by atoms with Crippen molar-refractivity contribution in [3.8, 4) is 5.75 Å². The van der Waals surface area contributed by atoms with E-state index in [0.717, 1.165) is 11.4 Å². The lowest BCUT2D eigenvalue weighted by molar-refractivity contribution is -0.132. The summed E-state index contributed by atoms with van der Waals surface area (Å²) < 4.78 is 5.60. The topological polar surface area (TPSA) is 58.6 Å². The molecule has 1 fully saturated rings. The number of carbonyl (C=O) groups is 2. The van der Waals surface area contributed by atoms with Gasteiger partial charge in [-0.1, -0.05) is 18.2 Å². The average molecular weight is 352 g/mol. The summed E-state index contributed by atoms with van der Waals surface area (Å²) in [5.74, 6) is 0.336. The van der Waals surface area contributed by atoms with Gasteiger partial charge in [0.2, 0.25) is 11.8 Å². The van der Waals surface area contributed by atoms with E-state index >= 15 is 0 Å². The largest absolute Gasteiger partial charge is 0.491 e. The van der Waals surface area contributed by atoms with Crippen LogP contribution in [0.15, 0.2) is 54.6 Å². The average Bonchev–Trinajstić information content (AvgIpc) is 3.44. The highest BCUT2D eigenvalue weighted by Crippen LogP contribution is 2.48. The quantitative estimate of drug-likeness (QED) is 0.803. The molecule has 1 N–H and O–H groups in total. The first-order valence-electron chi connectivity index (χ1n) is 8.84. The van der Waals surface area contributed by atoms with E-state index < -0.39 is 5.41 Å². The highest BCUT2D eigenvalue weighted by Gasteiger charge is 2.57. The van der Waals surface area contributed by atoms with Gasteiger partial charge in [0, 0.05) is 18.4 Å². The molecule has 2 amide bonds. The van der Waals surface area contributed by atoms with E-state index in [-0.39, 0.29) is 17.9 Å². The van der Waals surface area contributed by atoms with Crippen molar-refractivity contribution in [3.05, 3.63) is 54.6 Å². The minimum Gasteiger partial charge on any atom is -0.491 e. The summed E-state index contributed by atoms with van der Waals surface area (Å²) in [4.78, 5) is 27.2. The highest BCUT2D eigenvalue weighted by atomic mass is 16.5. The number of nitrogens with zero attached hydrogens (tertiary/aromatic N) is 1. The smallest absolute Gasteiger partial charge is 0.242 e. The van der Waals surface area contributed by atoms with Crippen LogP contribution in [0.2, 0.25) is 0 Å². The summed E-state index contributed by atoms with van der Waals surface area (Å²) in [5, 5.41) is 2.87. The third-order valence-electron chi connectivity index (χ3n) is 4.53. The van der Waals surface area contributed by atoms with E-state index in [1.54, 1.807) is 24.1 Å². The number of carbonyl (C=O) groups excluding carboxylic acids is 2. The van der Waals surface area contributed by atoms with E-state index in [1.807, 2.05) is 56.3 Å². The lowest BCUT2D eigenvalue weighted by atomic mass is 10.0. The van der Waals surface area contributed by atoms with Gasteiger partial charge in [0.05, 0.1) is 6.10 Å². The molecule has 0 spiro atoms. The number of para-hydroxylation sites is 1. The molecule has 0 bridgehead atoms. The molecule has 2 aromatic rings. The van der Waals surface area contributed by atoms with E-state index in [0.29, 0.717) is 18.5 Å². The standard InChI is InChI=1S/C21H24N2O3/c1-15(2)26-18-11-9-16(10-12-18)22-19(24)21(13-14-21)20(25)23(3)17-7-5-4-6-8-17/h4-12,15H,13-14H2,1-3H3,(H,22,24). The molecule has 3 rings (SSSR count). The van der Waals surface area contributed by atoms with Crippen molar-refractivity contribution in [2.75, 3.05) is 17.3 Å². The Labute approximate surface area is 154 Å². The number of anilines is 2. The number of amides is 2. The highest BCUT2D eigenvalue weighted by molar-refractivity contribution is 6.17.